The van der Waals surface area contributed by atoms with Gasteiger partial charge in [0, 0.05) is 24.7 Å². The van der Waals surface area contributed by atoms with E-state index in [1.54, 1.807) is 12.1 Å². The monoisotopic (exact) mass is 250 g/mol. The molecule has 3 unspecified atom stereocenters. The summed E-state index contributed by atoms with van der Waals surface area (Å²) < 4.78 is 13.2. The van der Waals surface area contributed by atoms with Crippen LogP contribution in [0.5, 0.6) is 0 Å². The molecule has 0 aliphatic carbocycles. The molecule has 0 bridgehead atoms. The van der Waals surface area contributed by atoms with Crippen molar-refractivity contribution in [3.8, 4) is 0 Å². The molecule has 2 rings (SSSR count). The molecule has 2 N–H and O–H groups in total. The molecule has 1 saturated heterocycles. The Kier molecular flexibility index (Phi) is 4.36. The number of piperidine rings is 1. The van der Waals surface area contributed by atoms with Crippen molar-refractivity contribution in [1.82, 2.24) is 4.90 Å². The SMILES string of the molecule is CC1CCCC(C)N1CC(N)c1cccc(F)c1. The van der Waals surface area contributed by atoms with Gasteiger partial charge < -0.3 is 5.73 Å². The summed E-state index contributed by atoms with van der Waals surface area (Å²) >= 11 is 0. The number of rotatable bonds is 3. The molecule has 0 saturated carbocycles. The van der Waals surface area contributed by atoms with Gasteiger partial charge in [-0.15, -0.1) is 0 Å². The highest BCUT2D eigenvalue weighted by atomic mass is 19.1. The summed E-state index contributed by atoms with van der Waals surface area (Å²) in [7, 11) is 0. The zero-order valence-corrected chi connectivity index (χ0v) is 11.3. The molecule has 3 atom stereocenters. The van der Waals surface area contributed by atoms with Crippen LogP contribution in [0.1, 0.15) is 44.7 Å². The predicted molar refractivity (Wildman–Crippen MR) is 72.8 cm³/mol. The number of hydrogen-bond donors (Lipinski definition) is 1. The van der Waals surface area contributed by atoms with Gasteiger partial charge in [0.15, 0.2) is 0 Å². The third-order valence-electron chi connectivity index (χ3n) is 4.06. The quantitative estimate of drug-likeness (QED) is 0.893. The first-order valence-corrected chi connectivity index (χ1v) is 6.84. The van der Waals surface area contributed by atoms with Crippen LogP contribution in [0.2, 0.25) is 0 Å². The molecule has 0 radical (unpaired) electrons. The Morgan fingerprint density at radius 3 is 2.61 bits per heavy atom. The van der Waals surface area contributed by atoms with E-state index in [-0.39, 0.29) is 11.9 Å². The first kappa shape index (κ1) is 13.5. The molecule has 2 nitrogen and oxygen atoms in total. The van der Waals surface area contributed by atoms with Crippen molar-refractivity contribution < 1.29 is 4.39 Å². The van der Waals surface area contributed by atoms with Crippen LogP contribution in [0, 0.1) is 5.82 Å². The van der Waals surface area contributed by atoms with Gasteiger partial charge in [0.1, 0.15) is 5.82 Å². The van der Waals surface area contributed by atoms with Crippen molar-refractivity contribution in [2.75, 3.05) is 6.54 Å². The van der Waals surface area contributed by atoms with E-state index < -0.39 is 0 Å². The summed E-state index contributed by atoms with van der Waals surface area (Å²) in [6, 6.07) is 7.69. The average Bonchev–Trinajstić information content (AvgIpc) is 2.34. The zero-order valence-electron chi connectivity index (χ0n) is 11.3. The van der Waals surface area contributed by atoms with Gasteiger partial charge in [-0.2, -0.15) is 0 Å². The molecule has 1 aromatic rings. The molecule has 0 aromatic heterocycles. The minimum absolute atomic E-state index is 0.108. The first-order chi connectivity index (χ1) is 8.58. The van der Waals surface area contributed by atoms with Crippen molar-refractivity contribution in [2.24, 2.45) is 5.73 Å². The summed E-state index contributed by atoms with van der Waals surface area (Å²) in [4.78, 5) is 2.46. The van der Waals surface area contributed by atoms with Gasteiger partial charge in [0.05, 0.1) is 0 Å². The van der Waals surface area contributed by atoms with Crippen molar-refractivity contribution >= 4 is 0 Å². The fourth-order valence-corrected chi connectivity index (χ4v) is 2.90. The van der Waals surface area contributed by atoms with Gasteiger partial charge in [-0.25, -0.2) is 4.39 Å². The largest absolute Gasteiger partial charge is 0.323 e. The summed E-state index contributed by atoms with van der Waals surface area (Å²) in [5, 5.41) is 0. The highest BCUT2D eigenvalue weighted by Gasteiger charge is 2.26. The Hall–Kier alpha value is -0.930. The van der Waals surface area contributed by atoms with Crippen LogP contribution in [-0.2, 0) is 0 Å². The lowest BCUT2D eigenvalue weighted by Gasteiger charge is -2.40. The fourth-order valence-electron chi connectivity index (χ4n) is 2.90. The normalized spacial score (nSPS) is 27.1. The van der Waals surface area contributed by atoms with Gasteiger partial charge in [-0.3, -0.25) is 4.90 Å². The predicted octanol–water partition coefficient (Wildman–Crippen LogP) is 3.09. The van der Waals surface area contributed by atoms with Crippen LogP contribution in [0.25, 0.3) is 0 Å². The second-order valence-electron chi connectivity index (χ2n) is 5.49. The van der Waals surface area contributed by atoms with Crippen LogP contribution >= 0.6 is 0 Å². The molecule has 1 aliphatic rings. The molecule has 1 fully saturated rings. The summed E-state index contributed by atoms with van der Waals surface area (Å²) in [6.07, 6.45) is 3.77. The highest BCUT2D eigenvalue weighted by molar-refractivity contribution is 5.20. The van der Waals surface area contributed by atoms with Gasteiger partial charge in [0.25, 0.3) is 0 Å². The lowest BCUT2D eigenvalue weighted by molar-refractivity contribution is 0.0961. The third-order valence-corrected chi connectivity index (χ3v) is 4.06. The maximum Gasteiger partial charge on any atom is 0.123 e. The van der Waals surface area contributed by atoms with Gasteiger partial charge >= 0.3 is 0 Å². The van der Waals surface area contributed by atoms with E-state index in [4.69, 9.17) is 5.73 Å². The number of likely N-dealkylation sites (tertiary alicyclic amines) is 1. The lowest BCUT2D eigenvalue weighted by Crippen LogP contribution is -2.46. The summed E-state index contributed by atoms with van der Waals surface area (Å²) in [5.41, 5.74) is 7.10. The van der Waals surface area contributed by atoms with E-state index >= 15 is 0 Å². The third kappa shape index (κ3) is 3.09. The Balaban J connectivity index is 2.04. The van der Waals surface area contributed by atoms with Crippen LogP contribution in [0.3, 0.4) is 0 Å². The number of nitrogens with two attached hydrogens (primary N) is 1. The van der Waals surface area contributed by atoms with Gasteiger partial charge in [-0.05, 0) is 44.4 Å². The maximum absolute atomic E-state index is 13.2. The second kappa shape index (κ2) is 5.81. The Bertz CT molecular complexity index is 384. The van der Waals surface area contributed by atoms with E-state index in [1.807, 2.05) is 6.07 Å². The van der Waals surface area contributed by atoms with Crippen molar-refractivity contribution in [2.45, 2.75) is 51.2 Å². The Morgan fingerprint density at radius 2 is 2.00 bits per heavy atom. The minimum Gasteiger partial charge on any atom is -0.323 e. The van der Waals surface area contributed by atoms with Crippen molar-refractivity contribution in [3.63, 3.8) is 0 Å². The van der Waals surface area contributed by atoms with E-state index in [9.17, 15) is 4.39 Å². The molecule has 1 aromatic carbocycles. The van der Waals surface area contributed by atoms with E-state index in [0.717, 1.165) is 12.1 Å². The van der Waals surface area contributed by atoms with Gasteiger partial charge in [0.2, 0.25) is 0 Å². The zero-order chi connectivity index (χ0) is 13.1. The standard InChI is InChI=1S/C15H23FN2/c1-11-5-3-6-12(2)18(11)10-15(17)13-7-4-8-14(16)9-13/h4,7-9,11-12,15H,3,5-6,10,17H2,1-2H3. The molecule has 18 heavy (non-hydrogen) atoms. The molecular weight excluding hydrogens is 227 g/mol. The van der Waals surface area contributed by atoms with Crippen molar-refractivity contribution in [3.05, 3.63) is 35.6 Å². The summed E-state index contributed by atoms with van der Waals surface area (Å²) in [5.74, 6) is -0.206. The molecule has 0 spiro atoms. The molecule has 0 amide bonds. The second-order valence-corrected chi connectivity index (χ2v) is 5.49. The molecule has 3 heteroatoms. The van der Waals surface area contributed by atoms with E-state index in [0.29, 0.717) is 12.1 Å². The van der Waals surface area contributed by atoms with Crippen molar-refractivity contribution in [1.29, 1.82) is 0 Å². The molecular formula is C15H23FN2. The maximum atomic E-state index is 13.2. The van der Waals surface area contributed by atoms with E-state index in [1.165, 1.54) is 25.3 Å². The van der Waals surface area contributed by atoms with Crippen LogP contribution in [0.4, 0.5) is 4.39 Å². The number of halogens is 1. The molecule has 1 aliphatic heterocycles. The fraction of sp³-hybridized carbons (Fsp3) is 0.600. The summed E-state index contributed by atoms with van der Waals surface area (Å²) in [6.45, 7) is 5.33. The highest BCUT2D eigenvalue weighted by Crippen LogP contribution is 2.25. The lowest BCUT2D eigenvalue weighted by atomic mass is 9.96. The Morgan fingerprint density at radius 1 is 1.33 bits per heavy atom. The average molecular weight is 250 g/mol. The molecule has 100 valence electrons. The van der Waals surface area contributed by atoms with Crippen LogP contribution < -0.4 is 5.73 Å². The number of benzene rings is 1. The minimum atomic E-state index is -0.206. The van der Waals surface area contributed by atoms with Gasteiger partial charge in [-0.1, -0.05) is 18.6 Å². The molecule has 1 heterocycles. The number of hydrogen-bond acceptors (Lipinski definition) is 2. The van der Waals surface area contributed by atoms with Crippen LogP contribution in [0.15, 0.2) is 24.3 Å². The topological polar surface area (TPSA) is 29.3 Å². The van der Waals surface area contributed by atoms with E-state index in [2.05, 4.69) is 18.7 Å². The Labute approximate surface area is 109 Å². The smallest absolute Gasteiger partial charge is 0.123 e. The number of nitrogens with zero attached hydrogens (tertiary/aromatic N) is 1. The van der Waals surface area contributed by atoms with Crippen LogP contribution in [-0.4, -0.2) is 23.5 Å². The first-order valence-electron chi connectivity index (χ1n) is 6.84.